The highest BCUT2D eigenvalue weighted by Crippen LogP contribution is 2.17. The second-order valence-electron chi connectivity index (χ2n) is 4.88. The van der Waals surface area contributed by atoms with Crippen molar-refractivity contribution in [3.8, 4) is 0 Å². The van der Waals surface area contributed by atoms with E-state index in [-0.39, 0.29) is 6.54 Å². The zero-order valence-corrected chi connectivity index (χ0v) is 12.6. The molecule has 0 aliphatic carbocycles. The topological polar surface area (TPSA) is 79.5 Å². The summed E-state index contributed by atoms with van der Waals surface area (Å²) >= 11 is 0. The molecule has 7 heteroatoms. The highest BCUT2D eigenvalue weighted by molar-refractivity contribution is 7.89. The fourth-order valence-electron chi connectivity index (χ4n) is 2.42. The van der Waals surface area contributed by atoms with Gasteiger partial charge in [-0.2, -0.15) is 4.31 Å². The second-order valence-corrected chi connectivity index (χ2v) is 7.10. The number of anilines is 1. The van der Waals surface area contributed by atoms with Gasteiger partial charge < -0.3 is 10.6 Å². The standard InChI is InChI=1S/C13H22N4O2S/c1-2-12(11-14)20(18,19)17-9-7-16(8-10-17)13-5-3-4-6-15-13/h3-6,12H,2,7-11,14H2,1H3. The number of pyridine rings is 1. The van der Waals surface area contributed by atoms with Crippen LogP contribution in [0.5, 0.6) is 0 Å². The number of sulfonamides is 1. The van der Waals surface area contributed by atoms with Gasteiger partial charge in [-0.15, -0.1) is 0 Å². The molecule has 1 unspecified atom stereocenters. The molecule has 1 fully saturated rings. The molecule has 6 nitrogen and oxygen atoms in total. The number of nitrogens with zero attached hydrogens (tertiary/aromatic N) is 3. The fourth-order valence-corrected chi connectivity index (χ4v) is 4.18. The minimum Gasteiger partial charge on any atom is -0.354 e. The van der Waals surface area contributed by atoms with Gasteiger partial charge in [0.15, 0.2) is 0 Å². The van der Waals surface area contributed by atoms with Gasteiger partial charge in [0.05, 0.1) is 5.25 Å². The fraction of sp³-hybridized carbons (Fsp3) is 0.615. The van der Waals surface area contributed by atoms with Crippen molar-refractivity contribution in [2.24, 2.45) is 5.73 Å². The van der Waals surface area contributed by atoms with Crippen molar-refractivity contribution in [2.75, 3.05) is 37.6 Å². The SMILES string of the molecule is CCC(CN)S(=O)(=O)N1CCN(c2ccccn2)CC1. The number of piperazine rings is 1. The number of rotatable bonds is 5. The van der Waals surface area contributed by atoms with Gasteiger partial charge in [0.25, 0.3) is 0 Å². The molecule has 1 saturated heterocycles. The molecule has 20 heavy (non-hydrogen) atoms. The first-order valence-corrected chi connectivity index (χ1v) is 8.45. The first kappa shape index (κ1) is 15.2. The van der Waals surface area contributed by atoms with Crippen LogP contribution in [0.4, 0.5) is 5.82 Å². The van der Waals surface area contributed by atoms with E-state index in [1.807, 2.05) is 25.1 Å². The van der Waals surface area contributed by atoms with Crippen LogP contribution in [0.15, 0.2) is 24.4 Å². The maximum atomic E-state index is 12.4. The van der Waals surface area contributed by atoms with Gasteiger partial charge in [-0.25, -0.2) is 13.4 Å². The Balaban J connectivity index is 2.01. The van der Waals surface area contributed by atoms with Crippen molar-refractivity contribution in [1.29, 1.82) is 0 Å². The van der Waals surface area contributed by atoms with Crippen molar-refractivity contribution in [3.63, 3.8) is 0 Å². The van der Waals surface area contributed by atoms with Gasteiger partial charge in [0.2, 0.25) is 10.0 Å². The Morgan fingerprint density at radius 1 is 1.30 bits per heavy atom. The Hall–Kier alpha value is -1.18. The molecule has 2 heterocycles. The van der Waals surface area contributed by atoms with Gasteiger partial charge in [0.1, 0.15) is 5.82 Å². The highest BCUT2D eigenvalue weighted by atomic mass is 32.2. The van der Waals surface area contributed by atoms with Gasteiger partial charge in [-0.05, 0) is 18.6 Å². The summed E-state index contributed by atoms with van der Waals surface area (Å²) in [7, 11) is -3.27. The molecule has 0 radical (unpaired) electrons. The van der Waals surface area contributed by atoms with Gasteiger partial charge >= 0.3 is 0 Å². The molecule has 1 aliphatic rings. The van der Waals surface area contributed by atoms with Crippen LogP contribution >= 0.6 is 0 Å². The number of hydrogen-bond acceptors (Lipinski definition) is 5. The molecule has 0 spiro atoms. The Bertz CT molecular complexity index is 508. The summed E-state index contributed by atoms with van der Waals surface area (Å²) in [6, 6.07) is 5.75. The minimum atomic E-state index is -3.27. The van der Waals surface area contributed by atoms with Crippen LogP contribution in [0.3, 0.4) is 0 Å². The lowest BCUT2D eigenvalue weighted by atomic mass is 10.3. The van der Waals surface area contributed by atoms with Crippen LogP contribution in [-0.2, 0) is 10.0 Å². The average molecular weight is 298 g/mol. The third-order valence-corrected chi connectivity index (χ3v) is 6.16. The van der Waals surface area contributed by atoms with Crippen molar-refractivity contribution in [1.82, 2.24) is 9.29 Å². The predicted molar refractivity (Wildman–Crippen MR) is 80.1 cm³/mol. The summed E-state index contributed by atoms with van der Waals surface area (Å²) in [4.78, 5) is 6.40. The molecule has 0 saturated carbocycles. The summed E-state index contributed by atoms with van der Waals surface area (Å²) in [5, 5.41) is -0.469. The highest BCUT2D eigenvalue weighted by Gasteiger charge is 2.32. The number of nitrogens with two attached hydrogens (primary N) is 1. The Kier molecular flexibility index (Phi) is 4.95. The molecule has 1 aliphatic heterocycles. The van der Waals surface area contributed by atoms with Crippen LogP contribution in [0, 0.1) is 0 Å². The molecule has 2 rings (SSSR count). The maximum Gasteiger partial charge on any atom is 0.218 e. The van der Waals surface area contributed by atoms with Crippen molar-refractivity contribution in [3.05, 3.63) is 24.4 Å². The Morgan fingerprint density at radius 2 is 2.00 bits per heavy atom. The molecule has 0 bridgehead atoms. The van der Waals surface area contributed by atoms with Crippen LogP contribution in [-0.4, -0.2) is 55.7 Å². The van der Waals surface area contributed by atoms with E-state index in [0.29, 0.717) is 32.6 Å². The molecular weight excluding hydrogens is 276 g/mol. The lowest BCUT2D eigenvalue weighted by Gasteiger charge is -2.36. The molecule has 0 aromatic carbocycles. The Morgan fingerprint density at radius 3 is 2.50 bits per heavy atom. The number of hydrogen-bond donors (Lipinski definition) is 1. The largest absolute Gasteiger partial charge is 0.354 e. The molecule has 1 aromatic rings. The van der Waals surface area contributed by atoms with Crippen molar-refractivity contribution < 1.29 is 8.42 Å². The molecular formula is C13H22N4O2S. The van der Waals surface area contributed by atoms with E-state index in [1.54, 1.807) is 10.5 Å². The van der Waals surface area contributed by atoms with Gasteiger partial charge in [-0.3, -0.25) is 0 Å². The van der Waals surface area contributed by atoms with Crippen LogP contribution < -0.4 is 10.6 Å². The van der Waals surface area contributed by atoms with E-state index < -0.39 is 15.3 Å². The smallest absolute Gasteiger partial charge is 0.218 e. The van der Waals surface area contributed by atoms with E-state index in [2.05, 4.69) is 9.88 Å². The first-order valence-electron chi connectivity index (χ1n) is 6.94. The van der Waals surface area contributed by atoms with Crippen LogP contribution in [0.1, 0.15) is 13.3 Å². The predicted octanol–water partition coefficient (Wildman–Crippen LogP) is 0.271. The first-order chi connectivity index (χ1) is 9.59. The third kappa shape index (κ3) is 3.11. The van der Waals surface area contributed by atoms with Gasteiger partial charge in [0, 0.05) is 38.9 Å². The van der Waals surface area contributed by atoms with Gasteiger partial charge in [-0.1, -0.05) is 13.0 Å². The molecule has 1 atom stereocenters. The monoisotopic (exact) mass is 298 g/mol. The average Bonchev–Trinajstić information content (AvgIpc) is 2.49. The second kappa shape index (κ2) is 6.51. The van der Waals surface area contributed by atoms with E-state index in [4.69, 9.17) is 5.73 Å². The summed E-state index contributed by atoms with van der Waals surface area (Å²) in [5.74, 6) is 0.899. The van der Waals surface area contributed by atoms with Crippen molar-refractivity contribution >= 4 is 15.8 Å². The third-order valence-electron chi connectivity index (χ3n) is 3.71. The van der Waals surface area contributed by atoms with Crippen molar-refractivity contribution in [2.45, 2.75) is 18.6 Å². The maximum absolute atomic E-state index is 12.4. The Labute approximate surface area is 120 Å². The lowest BCUT2D eigenvalue weighted by molar-refractivity contribution is 0.377. The number of aromatic nitrogens is 1. The molecule has 2 N–H and O–H groups in total. The van der Waals surface area contributed by atoms with Crippen LogP contribution in [0.2, 0.25) is 0 Å². The lowest BCUT2D eigenvalue weighted by Crippen LogP contribution is -2.52. The summed E-state index contributed by atoms with van der Waals surface area (Å²) in [6.45, 7) is 4.36. The minimum absolute atomic E-state index is 0.180. The molecule has 0 amide bonds. The zero-order valence-electron chi connectivity index (χ0n) is 11.8. The normalized spacial score (nSPS) is 19.0. The van der Waals surface area contributed by atoms with E-state index >= 15 is 0 Å². The summed E-state index contributed by atoms with van der Waals surface area (Å²) in [5.41, 5.74) is 5.57. The molecule has 1 aromatic heterocycles. The summed E-state index contributed by atoms with van der Waals surface area (Å²) < 4.78 is 26.4. The van der Waals surface area contributed by atoms with E-state index in [9.17, 15) is 8.42 Å². The van der Waals surface area contributed by atoms with E-state index in [1.165, 1.54) is 0 Å². The van der Waals surface area contributed by atoms with Crippen LogP contribution in [0.25, 0.3) is 0 Å². The molecule has 112 valence electrons. The quantitative estimate of drug-likeness (QED) is 0.844. The van der Waals surface area contributed by atoms with E-state index in [0.717, 1.165) is 5.82 Å². The summed E-state index contributed by atoms with van der Waals surface area (Å²) in [6.07, 6.45) is 2.30. The zero-order chi connectivity index (χ0) is 14.6.